The molecule has 6 heteroatoms. The van der Waals surface area contributed by atoms with Crippen molar-refractivity contribution < 1.29 is 14.7 Å². The lowest BCUT2D eigenvalue weighted by Gasteiger charge is -2.12. The number of rotatable bonds is 5. The molecule has 0 aliphatic heterocycles. The van der Waals surface area contributed by atoms with Crippen LogP contribution in [0.2, 0.25) is 0 Å². The molecule has 2 N–H and O–H groups in total. The summed E-state index contributed by atoms with van der Waals surface area (Å²) in [5.74, 6) is -1.26. The van der Waals surface area contributed by atoms with Crippen molar-refractivity contribution in [2.75, 3.05) is 0 Å². The van der Waals surface area contributed by atoms with Crippen molar-refractivity contribution >= 4 is 23.2 Å². The molecular weight excluding hydrogens is 300 g/mol. The SMILES string of the molecule is Cc1nc(-c2ccccc2)sc1C(=O)NC(C(=O)O)C1CC1. The fraction of sp³-hybridized carbons (Fsp3) is 0.312. The third-order valence-electron chi connectivity index (χ3n) is 3.67. The molecule has 114 valence electrons. The van der Waals surface area contributed by atoms with Crippen molar-refractivity contribution in [1.29, 1.82) is 0 Å². The predicted molar refractivity (Wildman–Crippen MR) is 83.9 cm³/mol. The van der Waals surface area contributed by atoms with Crippen LogP contribution in [0.15, 0.2) is 30.3 Å². The highest BCUT2D eigenvalue weighted by Crippen LogP contribution is 2.33. The smallest absolute Gasteiger partial charge is 0.326 e. The molecule has 3 rings (SSSR count). The number of aliphatic carboxylic acids is 1. The number of nitrogens with zero attached hydrogens (tertiary/aromatic N) is 1. The van der Waals surface area contributed by atoms with Crippen LogP contribution in [0.1, 0.15) is 28.2 Å². The second kappa shape index (κ2) is 5.88. The highest BCUT2D eigenvalue weighted by molar-refractivity contribution is 7.17. The summed E-state index contributed by atoms with van der Waals surface area (Å²) in [5.41, 5.74) is 1.58. The topological polar surface area (TPSA) is 79.3 Å². The lowest BCUT2D eigenvalue weighted by atomic mass is 10.2. The molecule has 1 heterocycles. The maximum absolute atomic E-state index is 12.4. The quantitative estimate of drug-likeness (QED) is 0.889. The molecule has 1 atom stereocenters. The van der Waals surface area contributed by atoms with Gasteiger partial charge in [-0.15, -0.1) is 11.3 Å². The van der Waals surface area contributed by atoms with Gasteiger partial charge in [-0.2, -0.15) is 0 Å². The molecular formula is C16H16N2O3S. The number of amides is 1. The second-order valence-corrected chi connectivity index (χ2v) is 6.43. The lowest BCUT2D eigenvalue weighted by molar-refractivity contribution is -0.139. The van der Waals surface area contributed by atoms with Crippen LogP contribution in [0.3, 0.4) is 0 Å². The monoisotopic (exact) mass is 316 g/mol. The van der Waals surface area contributed by atoms with Gasteiger partial charge < -0.3 is 10.4 Å². The molecule has 1 unspecified atom stereocenters. The summed E-state index contributed by atoms with van der Waals surface area (Å²) in [6, 6.07) is 8.83. The molecule has 0 bridgehead atoms. The molecule has 2 aromatic rings. The largest absolute Gasteiger partial charge is 0.480 e. The van der Waals surface area contributed by atoms with Gasteiger partial charge in [0.25, 0.3) is 5.91 Å². The molecule has 1 aliphatic rings. The predicted octanol–water partition coefficient (Wildman–Crippen LogP) is 2.71. The molecule has 0 saturated heterocycles. The van der Waals surface area contributed by atoms with E-state index in [0.717, 1.165) is 23.4 Å². The fourth-order valence-electron chi connectivity index (χ4n) is 2.33. The summed E-state index contributed by atoms with van der Waals surface area (Å²) in [6.07, 6.45) is 1.71. The first-order valence-corrected chi connectivity index (χ1v) is 7.94. The van der Waals surface area contributed by atoms with Crippen LogP contribution in [0.5, 0.6) is 0 Å². The average molecular weight is 316 g/mol. The van der Waals surface area contributed by atoms with E-state index in [1.807, 2.05) is 30.3 Å². The highest BCUT2D eigenvalue weighted by Gasteiger charge is 2.37. The normalized spacial score (nSPS) is 15.3. The van der Waals surface area contributed by atoms with Gasteiger partial charge in [-0.05, 0) is 25.7 Å². The Morgan fingerprint density at radius 1 is 1.32 bits per heavy atom. The molecule has 5 nitrogen and oxygen atoms in total. The summed E-state index contributed by atoms with van der Waals surface area (Å²) in [6.45, 7) is 1.77. The maximum atomic E-state index is 12.4. The standard InChI is InChI=1S/C16H16N2O3S/c1-9-13(14(19)18-12(16(20)21)10-7-8-10)22-15(17-9)11-5-3-2-4-6-11/h2-6,10,12H,7-8H2,1H3,(H,18,19)(H,20,21). The first-order chi connectivity index (χ1) is 10.6. The van der Waals surface area contributed by atoms with Gasteiger partial charge in [0, 0.05) is 5.56 Å². The molecule has 1 aromatic carbocycles. The van der Waals surface area contributed by atoms with Crippen molar-refractivity contribution in [3.05, 3.63) is 40.9 Å². The Balaban J connectivity index is 1.81. The Bertz CT molecular complexity index is 707. The highest BCUT2D eigenvalue weighted by atomic mass is 32.1. The molecule has 1 aliphatic carbocycles. The lowest BCUT2D eigenvalue weighted by Crippen LogP contribution is -2.42. The van der Waals surface area contributed by atoms with Crippen LogP contribution < -0.4 is 5.32 Å². The Morgan fingerprint density at radius 2 is 2.00 bits per heavy atom. The summed E-state index contributed by atoms with van der Waals surface area (Å²) < 4.78 is 0. The van der Waals surface area contributed by atoms with E-state index in [2.05, 4.69) is 10.3 Å². The third-order valence-corrected chi connectivity index (χ3v) is 4.87. The second-order valence-electron chi connectivity index (χ2n) is 5.43. The zero-order valence-corrected chi connectivity index (χ0v) is 12.9. The minimum atomic E-state index is -0.971. The van der Waals surface area contributed by atoms with Crippen molar-refractivity contribution in [2.45, 2.75) is 25.8 Å². The molecule has 1 amide bonds. The van der Waals surface area contributed by atoms with E-state index < -0.39 is 12.0 Å². The summed E-state index contributed by atoms with van der Waals surface area (Å²) >= 11 is 1.29. The number of carbonyl (C=O) groups is 2. The molecule has 1 aromatic heterocycles. The number of hydrogen-bond donors (Lipinski definition) is 2. The molecule has 0 radical (unpaired) electrons. The number of aromatic nitrogens is 1. The van der Waals surface area contributed by atoms with Crippen LogP contribution in [0.25, 0.3) is 10.6 Å². The number of hydrogen-bond acceptors (Lipinski definition) is 4. The Kier molecular flexibility index (Phi) is 3.94. The summed E-state index contributed by atoms with van der Waals surface area (Å²) in [7, 11) is 0. The van der Waals surface area contributed by atoms with Crippen molar-refractivity contribution in [2.24, 2.45) is 5.92 Å². The van der Waals surface area contributed by atoms with E-state index in [-0.39, 0.29) is 11.8 Å². The molecule has 22 heavy (non-hydrogen) atoms. The zero-order valence-electron chi connectivity index (χ0n) is 12.1. The Morgan fingerprint density at radius 3 is 2.59 bits per heavy atom. The van der Waals surface area contributed by atoms with Gasteiger partial charge in [0.2, 0.25) is 0 Å². The van der Waals surface area contributed by atoms with Gasteiger partial charge in [-0.3, -0.25) is 4.79 Å². The van der Waals surface area contributed by atoms with Gasteiger partial charge in [0.1, 0.15) is 15.9 Å². The van der Waals surface area contributed by atoms with Gasteiger partial charge in [0.05, 0.1) is 5.69 Å². The number of carbonyl (C=O) groups excluding carboxylic acids is 1. The van der Waals surface area contributed by atoms with Crippen LogP contribution in [-0.4, -0.2) is 28.0 Å². The van der Waals surface area contributed by atoms with E-state index in [1.165, 1.54) is 11.3 Å². The maximum Gasteiger partial charge on any atom is 0.326 e. The van der Waals surface area contributed by atoms with Crippen LogP contribution >= 0.6 is 11.3 Å². The molecule has 0 spiro atoms. The Hall–Kier alpha value is -2.21. The van der Waals surface area contributed by atoms with E-state index in [9.17, 15) is 14.7 Å². The minimum absolute atomic E-state index is 0.0586. The van der Waals surface area contributed by atoms with Gasteiger partial charge in [-0.1, -0.05) is 30.3 Å². The fourth-order valence-corrected chi connectivity index (χ4v) is 3.30. The van der Waals surface area contributed by atoms with Crippen molar-refractivity contribution in [1.82, 2.24) is 10.3 Å². The number of benzene rings is 1. The first kappa shape index (κ1) is 14.7. The van der Waals surface area contributed by atoms with E-state index >= 15 is 0 Å². The van der Waals surface area contributed by atoms with Crippen molar-refractivity contribution in [3.8, 4) is 10.6 Å². The number of carboxylic acids is 1. The molecule has 1 saturated carbocycles. The van der Waals surface area contributed by atoms with Crippen LogP contribution in [0.4, 0.5) is 0 Å². The van der Waals surface area contributed by atoms with Crippen LogP contribution in [-0.2, 0) is 4.79 Å². The van der Waals surface area contributed by atoms with E-state index in [4.69, 9.17) is 0 Å². The van der Waals surface area contributed by atoms with E-state index in [0.29, 0.717) is 10.6 Å². The number of nitrogens with one attached hydrogen (secondary N) is 1. The summed E-state index contributed by atoms with van der Waals surface area (Å²) in [4.78, 5) is 28.5. The average Bonchev–Trinajstić information content (AvgIpc) is 3.27. The van der Waals surface area contributed by atoms with Gasteiger partial charge >= 0.3 is 5.97 Å². The molecule has 1 fully saturated rings. The zero-order chi connectivity index (χ0) is 15.7. The minimum Gasteiger partial charge on any atom is -0.480 e. The van der Waals surface area contributed by atoms with Crippen molar-refractivity contribution in [3.63, 3.8) is 0 Å². The third kappa shape index (κ3) is 3.01. The van der Waals surface area contributed by atoms with Crippen LogP contribution in [0, 0.1) is 12.8 Å². The number of thiazole rings is 1. The first-order valence-electron chi connectivity index (χ1n) is 7.13. The van der Waals surface area contributed by atoms with E-state index in [1.54, 1.807) is 6.92 Å². The Labute approximate surface area is 132 Å². The number of carboxylic acid groups (broad SMARTS) is 1. The van der Waals surface area contributed by atoms with Gasteiger partial charge in [-0.25, -0.2) is 9.78 Å². The number of aryl methyl sites for hydroxylation is 1. The van der Waals surface area contributed by atoms with Gasteiger partial charge in [0.15, 0.2) is 0 Å². The summed E-state index contributed by atoms with van der Waals surface area (Å²) in [5, 5.41) is 12.6.